The molecule has 0 bridgehead atoms. The van der Waals surface area contributed by atoms with Crippen LogP contribution in [0.1, 0.15) is 24.0 Å². The summed E-state index contributed by atoms with van der Waals surface area (Å²) in [7, 11) is 5.31. The normalized spacial score (nSPS) is 15.0. The molecule has 0 saturated carbocycles. The molecule has 10 nitrogen and oxygen atoms in total. The summed E-state index contributed by atoms with van der Waals surface area (Å²) in [6.07, 6.45) is -11.1. The molecule has 0 aromatic carbocycles. The SMILES string of the molecule is FC(F)(F)C(CNc1ccn(Cc2ccncc2)n1)C(F)(F)F.O=C(Nc1ccn(Cc2ccncc2)n1)C(C(F)(F)F)C(F)(F)F.[B]C1CCCO1. The number of aromatic nitrogens is 6. The van der Waals surface area contributed by atoms with Crippen molar-refractivity contribution in [3.8, 4) is 0 Å². The summed E-state index contributed by atoms with van der Waals surface area (Å²) in [5.41, 5.74) is 1.60. The highest BCUT2D eigenvalue weighted by Gasteiger charge is 2.61. The van der Waals surface area contributed by atoms with Gasteiger partial charge in [0.25, 0.3) is 0 Å². The molecule has 1 amide bonds. The second-order valence-electron chi connectivity index (χ2n) is 11.1. The zero-order valence-electron chi connectivity index (χ0n) is 27.0. The molecule has 53 heavy (non-hydrogen) atoms. The molecule has 0 aliphatic carbocycles. The number of hydrogen-bond acceptors (Lipinski definition) is 7. The Morgan fingerprint density at radius 1 is 0.736 bits per heavy atom. The lowest BCUT2D eigenvalue weighted by Gasteiger charge is -2.22. The Bertz CT molecular complexity index is 1650. The van der Waals surface area contributed by atoms with Crippen LogP contribution in [0.3, 0.4) is 0 Å². The predicted octanol–water partition coefficient (Wildman–Crippen LogP) is 6.78. The number of anilines is 2. The maximum Gasteiger partial charge on any atom is 0.409 e. The van der Waals surface area contributed by atoms with Crippen LogP contribution in [0.25, 0.3) is 0 Å². The number of pyridine rings is 2. The summed E-state index contributed by atoms with van der Waals surface area (Å²) in [4.78, 5) is 19.0. The number of nitrogens with zero attached hydrogens (tertiary/aromatic N) is 6. The Morgan fingerprint density at radius 2 is 1.19 bits per heavy atom. The van der Waals surface area contributed by atoms with Gasteiger partial charge in [0.2, 0.25) is 11.8 Å². The van der Waals surface area contributed by atoms with Crippen molar-refractivity contribution in [1.82, 2.24) is 29.5 Å². The van der Waals surface area contributed by atoms with E-state index in [9.17, 15) is 57.5 Å². The Kier molecular flexibility index (Phi) is 14.7. The predicted molar refractivity (Wildman–Crippen MR) is 164 cm³/mol. The van der Waals surface area contributed by atoms with Crippen molar-refractivity contribution < 1.29 is 62.2 Å². The Morgan fingerprint density at radius 3 is 1.57 bits per heavy atom. The van der Waals surface area contributed by atoms with E-state index in [-0.39, 0.29) is 18.4 Å². The van der Waals surface area contributed by atoms with E-state index >= 15 is 0 Å². The number of alkyl halides is 12. The Hall–Kier alpha value is -4.83. The summed E-state index contributed by atoms with van der Waals surface area (Å²) >= 11 is 0. The average Bonchev–Trinajstić information content (AvgIpc) is 3.80. The van der Waals surface area contributed by atoms with Crippen LogP contribution in [0, 0.1) is 11.8 Å². The van der Waals surface area contributed by atoms with Gasteiger partial charge in [-0.3, -0.25) is 24.1 Å². The molecule has 5 rings (SSSR count). The summed E-state index contributed by atoms with van der Waals surface area (Å²) in [5, 5.41) is 11.2. The van der Waals surface area contributed by atoms with Crippen molar-refractivity contribution in [3.63, 3.8) is 0 Å². The van der Waals surface area contributed by atoms with Gasteiger partial charge in [-0.2, -0.15) is 62.9 Å². The number of halogens is 12. The van der Waals surface area contributed by atoms with E-state index in [4.69, 9.17) is 12.6 Å². The number of carbonyl (C=O) groups is 1. The van der Waals surface area contributed by atoms with Crippen molar-refractivity contribution in [2.45, 2.75) is 56.6 Å². The molecule has 1 saturated heterocycles. The fourth-order valence-electron chi connectivity index (χ4n) is 4.32. The topological polar surface area (TPSA) is 112 Å². The largest absolute Gasteiger partial charge is 0.409 e. The van der Waals surface area contributed by atoms with E-state index in [1.165, 1.54) is 45.5 Å². The van der Waals surface area contributed by atoms with Crippen LogP contribution in [0.4, 0.5) is 64.3 Å². The van der Waals surface area contributed by atoms with Crippen LogP contribution >= 0.6 is 0 Å². The molecule has 2 radical (unpaired) electrons. The smallest absolute Gasteiger partial charge is 0.388 e. The molecule has 1 atom stereocenters. The minimum Gasteiger partial charge on any atom is -0.388 e. The van der Waals surface area contributed by atoms with Gasteiger partial charge >= 0.3 is 24.7 Å². The highest BCUT2D eigenvalue weighted by atomic mass is 19.4. The lowest BCUT2D eigenvalue weighted by atomic mass is 9.98. The van der Waals surface area contributed by atoms with Gasteiger partial charge in [0, 0.05) is 68.5 Å². The van der Waals surface area contributed by atoms with Crippen molar-refractivity contribution in [1.29, 1.82) is 0 Å². The molecular weight excluding hydrogens is 743 g/mol. The van der Waals surface area contributed by atoms with Crippen LogP contribution in [-0.4, -0.2) is 87.1 Å². The second kappa shape index (κ2) is 18.3. The van der Waals surface area contributed by atoms with Crippen LogP contribution in [-0.2, 0) is 22.6 Å². The standard InChI is InChI=1S/C13H10F6N4O.C13H12F6N4.C4H7BO/c14-12(15,16)10(13(17,18)19)11(24)21-9-3-6-23(22-9)7-8-1-4-20-5-2-8;14-12(15,16)10(13(17,18)19)7-21-11-3-6-23(22-11)8-9-1-4-20-5-2-9;5-4-2-1-3-6-4/h1-6,10H,7H2,(H,21,22,24);1-6,10H,7-8H2,(H,21,22);4H,1-3H2. The molecule has 2 N–H and O–H groups in total. The zero-order valence-corrected chi connectivity index (χ0v) is 27.0. The summed E-state index contributed by atoms with van der Waals surface area (Å²) < 4.78 is 157. The maximum absolute atomic E-state index is 12.4. The minimum atomic E-state index is -5.75. The molecule has 5 heterocycles. The van der Waals surface area contributed by atoms with E-state index in [1.54, 1.807) is 36.7 Å². The zero-order chi connectivity index (χ0) is 39.5. The fraction of sp³-hybridized carbons (Fsp3) is 0.433. The molecule has 1 fully saturated rings. The summed E-state index contributed by atoms with van der Waals surface area (Å²) in [5.74, 6) is -10.3. The van der Waals surface area contributed by atoms with E-state index < -0.39 is 54.8 Å². The fourth-order valence-corrected chi connectivity index (χ4v) is 4.32. The number of ether oxygens (including phenoxy) is 1. The van der Waals surface area contributed by atoms with Gasteiger partial charge < -0.3 is 15.4 Å². The van der Waals surface area contributed by atoms with Crippen molar-refractivity contribution in [2.75, 3.05) is 23.8 Å². The number of amides is 1. The van der Waals surface area contributed by atoms with Crippen LogP contribution in [0.2, 0.25) is 0 Å². The highest BCUT2D eigenvalue weighted by Crippen LogP contribution is 2.40. The van der Waals surface area contributed by atoms with Gasteiger partial charge in [-0.25, -0.2) is 0 Å². The first-order valence-electron chi connectivity index (χ1n) is 15.2. The minimum absolute atomic E-state index is 0.0463. The van der Waals surface area contributed by atoms with Gasteiger partial charge in [-0.05, 0) is 48.2 Å². The molecular formula is C30H29BF12N8O2. The molecule has 1 aliphatic heterocycles. The third kappa shape index (κ3) is 14.6. The first kappa shape index (κ1) is 42.6. The molecule has 4 aromatic heterocycles. The lowest BCUT2D eigenvalue weighted by Crippen LogP contribution is -2.45. The average molecular weight is 772 g/mol. The number of hydrogen-bond donors (Lipinski definition) is 2. The molecule has 0 spiro atoms. The Labute approximate surface area is 294 Å². The van der Waals surface area contributed by atoms with Crippen LogP contribution in [0.15, 0.2) is 73.6 Å². The first-order valence-corrected chi connectivity index (χ1v) is 15.2. The monoisotopic (exact) mass is 772 g/mol. The van der Waals surface area contributed by atoms with Gasteiger partial charge in [0.1, 0.15) is 13.7 Å². The number of carbonyl (C=O) groups excluding carboxylic acids is 1. The van der Waals surface area contributed by atoms with E-state index in [0.717, 1.165) is 36.6 Å². The highest BCUT2D eigenvalue weighted by molar-refractivity contribution is 6.11. The van der Waals surface area contributed by atoms with Crippen molar-refractivity contribution >= 4 is 25.4 Å². The van der Waals surface area contributed by atoms with Gasteiger partial charge in [0.15, 0.2) is 11.7 Å². The summed E-state index contributed by atoms with van der Waals surface area (Å²) in [6.45, 7) is 0.0764. The first-order chi connectivity index (χ1) is 24.6. The number of nitrogens with one attached hydrogen (secondary N) is 2. The van der Waals surface area contributed by atoms with Crippen molar-refractivity contribution in [2.24, 2.45) is 11.8 Å². The summed E-state index contributed by atoms with van der Waals surface area (Å²) in [6, 6.07) is 9.21. The van der Waals surface area contributed by atoms with E-state index in [1.807, 2.05) is 0 Å². The Balaban J connectivity index is 0.000000246. The molecule has 1 unspecified atom stereocenters. The maximum atomic E-state index is 12.4. The lowest BCUT2D eigenvalue weighted by molar-refractivity contribution is -0.279. The van der Waals surface area contributed by atoms with Gasteiger partial charge in [-0.15, -0.1) is 0 Å². The van der Waals surface area contributed by atoms with E-state index in [0.29, 0.717) is 6.54 Å². The molecule has 4 aromatic rings. The quantitative estimate of drug-likeness (QED) is 0.143. The van der Waals surface area contributed by atoms with Crippen LogP contribution < -0.4 is 10.6 Å². The van der Waals surface area contributed by atoms with Gasteiger partial charge in [0.05, 0.1) is 13.1 Å². The van der Waals surface area contributed by atoms with Gasteiger partial charge in [-0.1, -0.05) is 0 Å². The number of rotatable bonds is 9. The molecule has 288 valence electrons. The second-order valence-corrected chi connectivity index (χ2v) is 11.1. The molecule has 1 aliphatic rings. The third-order valence-corrected chi connectivity index (χ3v) is 6.88. The van der Waals surface area contributed by atoms with E-state index in [2.05, 4.69) is 25.5 Å². The third-order valence-electron chi connectivity index (χ3n) is 6.88. The van der Waals surface area contributed by atoms with Crippen molar-refractivity contribution in [3.05, 3.63) is 84.7 Å². The molecule has 23 heteroatoms. The van der Waals surface area contributed by atoms with Crippen LogP contribution in [0.5, 0.6) is 0 Å².